The van der Waals surface area contributed by atoms with Crippen molar-refractivity contribution in [2.45, 2.75) is 81.7 Å². The second-order valence-electron chi connectivity index (χ2n) is 7.12. The average molecular weight is 397 g/mol. The quantitative estimate of drug-likeness (QED) is 0.478. The van der Waals surface area contributed by atoms with E-state index in [2.05, 4.69) is 25.3 Å². The molecule has 150 valence electrons. The summed E-state index contributed by atoms with van der Waals surface area (Å²) in [7, 11) is 0. The number of aliphatic hydroxyl groups excluding tert-OH is 1. The fourth-order valence-electron chi connectivity index (χ4n) is 3.04. The average Bonchev–Trinajstić information content (AvgIpc) is 2.93. The van der Waals surface area contributed by atoms with Crippen molar-refractivity contribution in [2.75, 3.05) is 6.61 Å². The van der Waals surface area contributed by atoms with E-state index >= 15 is 0 Å². The Bertz CT molecular complexity index is 711. The van der Waals surface area contributed by atoms with Gasteiger partial charge in [-0.3, -0.25) is 0 Å². The van der Waals surface area contributed by atoms with Crippen molar-refractivity contribution in [3.8, 4) is 0 Å². The lowest BCUT2D eigenvalue weighted by Gasteiger charge is -2.13. The number of hydrogen-bond donors (Lipinski definition) is 1. The van der Waals surface area contributed by atoms with Crippen LogP contribution in [0.15, 0.2) is 28.1 Å². The normalized spacial score (nSPS) is 11.5. The molecule has 0 amide bonds. The first-order chi connectivity index (χ1) is 13.0. The highest BCUT2D eigenvalue weighted by molar-refractivity contribution is 7.99. The first kappa shape index (κ1) is 21.9. The highest BCUT2D eigenvalue weighted by Gasteiger charge is 2.20. The van der Waals surface area contributed by atoms with Crippen LogP contribution in [0.3, 0.4) is 0 Å². The Kier molecular flexibility index (Phi) is 8.77. The summed E-state index contributed by atoms with van der Waals surface area (Å²) in [5.41, 5.74) is 0.952. The van der Waals surface area contributed by atoms with E-state index in [1.54, 1.807) is 0 Å². The van der Waals surface area contributed by atoms with Gasteiger partial charge < -0.3 is 9.67 Å². The molecule has 0 fully saturated rings. The number of benzene rings is 1. The number of unbranched alkanes of at least 4 members (excludes halogenated alkanes) is 3. The van der Waals surface area contributed by atoms with E-state index in [0.717, 1.165) is 42.0 Å². The van der Waals surface area contributed by atoms with E-state index in [4.69, 9.17) is 4.98 Å². The lowest BCUT2D eigenvalue weighted by Crippen LogP contribution is -2.07. The molecule has 0 bridgehead atoms. The first-order valence-corrected chi connectivity index (χ1v) is 10.6. The molecule has 1 N–H and O–H groups in total. The maximum absolute atomic E-state index is 13.6. The highest BCUT2D eigenvalue weighted by atomic mass is 32.2. The molecular formula is C21H30F2N2OS. The van der Waals surface area contributed by atoms with Crippen LogP contribution in [0.5, 0.6) is 0 Å². The Morgan fingerprint density at radius 3 is 2.37 bits per heavy atom. The van der Waals surface area contributed by atoms with Crippen LogP contribution >= 0.6 is 11.8 Å². The van der Waals surface area contributed by atoms with Crippen molar-refractivity contribution in [2.24, 2.45) is 0 Å². The Morgan fingerprint density at radius 2 is 1.78 bits per heavy atom. The molecule has 0 spiro atoms. The van der Waals surface area contributed by atoms with Crippen LogP contribution in [0.1, 0.15) is 70.3 Å². The van der Waals surface area contributed by atoms with Crippen molar-refractivity contribution < 1.29 is 13.9 Å². The summed E-state index contributed by atoms with van der Waals surface area (Å²) in [5.74, 6) is 0.00974. The number of rotatable bonds is 11. The van der Waals surface area contributed by atoms with E-state index in [0.29, 0.717) is 17.7 Å². The third kappa shape index (κ3) is 6.32. The molecule has 0 radical (unpaired) electrons. The molecule has 1 heterocycles. The Morgan fingerprint density at radius 1 is 1.07 bits per heavy atom. The molecule has 0 saturated carbocycles. The second-order valence-corrected chi connectivity index (χ2v) is 8.18. The largest absolute Gasteiger partial charge is 0.396 e. The fourth-order valence-corrected chi connectivity index (χ4v) is 4.30. The first-order valence-electron chi connectivity index (χ1n) is 9.80. The number of halogens is 2. The third-order valence-electron chi connectivity index (χ3n) is 4.42. The molecule has 3 nitrogen and oxygen atoms in total. The Balaban J connectivity index is 2.38. The molecule has 27 heavy (non-hydrogen) atoms. The van der Waals surface area contributed by atoms with Gasteiger partial charge in [-0.25, -0.2) is 13.8 Å². The van der Waals surface area contributed by atoms with Crippen molar-refractivity contribution in [3.05, 3.63) is 41.4 Å². The van der Waals surface area contributed by atoms with Gasteiger partial charge in [0.05, 0.1) is 5.69 Å². The van der Waals surface area contributed by atoms with Crippen molar-refractivity contribution in [1.29, 1.82) is 0 Å². The van der Waals surface area contributed by atoms with Gasteiger partial charge in [-0.2, -0.15) is 0 Å². The maximum atomic E-state index is 13.6. The number of imidazole rings is 1. The standard InChI is InChI=1S/C21H30F2N2OS/c1-4-5-6-7-10-25-19(9-8-11-26)24-20(15(2)3)21(25)27-18-13-16(22)12-17(23)14-18/h12-15,26H,4-11H2,1-3H3. The predicted molar refractivity (Wildman–Crippen MR) is 106 cm³/mol. The van der Waals surface area contributed by atoms with Gasteiger partial charge in [0.1, 0.15) is 22.5 Å². The zero-order valence-electron chi connectivity index (χ0n) is 16.5. The van der Waals surface area contributed by atoms with Crippen LogP contribution in [-0.2, 0) is 13.0 Å². The molecule has 1 aromatic heterocycles. The van der Waals surface area contributed by atoms with Gasteiger partial charge in [0.15, 0.2) is 0 Å². The van der Waals surface area contributed by atoms with Crippen LogP contribution in [0, 0.1) is 11.6 Å². The minimum absolute atomic E-state index is 0.122. The van der Waals surface area contributed by atoms with E-state index in [9.17, 15) is 13.9 Å². The fraction of sp³-hybridized carbons (Fsp3) is 0.571. The van der Waals surface area contributed by atoms with Crippen LogP contribution < -0.4 is 0 Å². The van der Waals surface area contributed by atoms with Gasteiger partial charge in [-0.1, -0.05) is 51.8 Å². The summed E-state index contributed by atoms with van der Waals surface area (Å²) >= 11 is 1.37. The summed E-state index contributed by atoms with van der Waals surface area (Å²) in [6.45, 7) is 7.30. The summed E-state index contributed by atoms with van der Waals surface area (Å²) in [6.07, 6.45) is 5.89. The minimum atomic E-state index is -0.571. The smallest absolute Gasteiger partial charge is 0.127 e. The van der Waals surface area contributed by atoms with Crippen LogP contribution in [-0.4, -0.2) is 21.3 Å². The zero-order chi connectivity index (χ0) is 19.8. The number of nitrogens with zero attached hydrogens (tertiary/aromatic N) is 2. The summed E-state index contributed by atoms with van der Waals surface area (Å²) in [6, 6.07) is 3.61. The predicted octanol–water partition coefficient (Wildman–Crippen LogP) is 5.94. The molecule has 0 aliphatic carbocycles. The van der Waals surface area contributed by atoms with Gasteiger partial charge in [0.25, 0.3) is 0 Å². The van der Waals surface area contributed by atoms with Gasteiger partial charge in [0, 0.05) is 30.5 Å². The monoisotopic (exact) mass is 396 g/mol. The van der Waals surface area contributed by atoms with Gasteiger partial charge >= 0.3 is 0 Å². The summed E-state index contributed by atoms with van der Waals surface area (Å²) < 4.78 is 29.5. The topological polar surface area (TPSA) is 38.0 Å². The van der Waals surface area contributed by atoms with Gasteiger partial charge in [-0.05, 0) is 30.9 Å². The molecule has 1 aromatic carbocycles. The number of aromatic nitrogens is 2. The van der Waals surface area contributed by atoms with Gasteiger partial charge in [-0.15, -0.1) is 0 Å². The minimum Gasteiger partial charge on any atom is -0.396 e. The number of aryl methyl sites for hydroxylation is 1. The van der Waals surface area contributed by atoms with E-state index in [1.165, 1.54) is 36.7 Å². The van der Waals surface area contributed by atoms with Crippen molar-refractivity contribution >= 4 is 11.8 Å². The van der Waals surface area contributed by atoms with Crippen LogP contribution in [0.25, 0.3) is 0 Å². The summed E-state index contributed by atoms with van der Waals surface area (Å²) in [4.78, 5) is 5.37. The van der Waals surface area contributed by atoms with Crippen LogP contribution in [0.2, 0.25) is 0 Å². The SMILES string of the molecule is CCCCCCn1c(CCCO)nc(C(C)C)c1Sc1cc(F)cc(F)c1. The van der Waals surface area contributed by atoms with Gasteiger partial charge in [0.2, 0.25) is 0 Å². The van der Waals surface area contributed by atoms with E-state index < -0.39 is 11.6 Å². The molecule has 0 unspecified atom stereocenters. The molecule has 0 aliphatic rings. The molecule has 6 heteroatoms. The van der Waals surface area contributed by atoms with Crippen LogP contribution in [0.4, 0.5) is 8.78 Å². The van der Waals surface area contributed by atoms with E-state index in [1.807, 2.05) is 0 Å². The highest BCUT2D eigenvalue weighted by Crippen LogP contribution is 2.36. The Labute approximate surface area is 165 Å². The molecule has 0 aliphatic heterocycles. The number of aliphatic hydroxyl groups is 1. The number of hydrogen-bond acceptors (Lipinski definition) is 3. The molecule has 0 atom stereocenters. The molecule has 2 rings (SSSR count). The lowest BCUT2D eigenvalue weighted by atomic mass is 10.1. The zero-order valence-corrected chi connectivity index (χ0v) is 17.3. The molecule has 2 aromatic rings. The lowest BCUT2D eigenvalue weighted by molar-refractivity contribution is 0.286. The van der Waals surface area contributed by atoms with E-state index in [-0.39, 0.29) is 12.5 Å². The molecular weight excluding hydrogens is 366 g/mol. The third-order valence-corrected chi connectivity index (χ3v) is 5.51. The second kappa shape index (κ2) is 10.8. The molecule has 0 saturated heterocycles. The van der Waals surface area contributed by atoms with Crippen molar-refractivity contribution in [3.63, 3.8) is 0 Å². The van der Waals surface area contributed by atoms with Crippen molar-refractivity contribution in [1.82, 2.24) is 9.55 Å². The summed E-state index contributed by atoms with van der Waals surface area (Å²) in [5, 5.41) is 10.2. The Hall–Kier alpha value is -1.40. The maximum Gasteiger partial charge on any atom is 0.127 e.